The summed E-state index contributed by atoms with van der Waals surface area (Å²) < 4.78 is 10.2. The molecule has 1 aliphatic carbocycles. The van der Waals surface area contributed by atoms with E-state index in [1.54, 1.807) is 16.9 Å². The van der Waals surface area contributed by atoms with Crippen molar-refractivity contribution in [1.29, 1.82) is 0 Å². The van der Waals surface area contributed by atoms with Crippen molar-refractivity contribution in [2.75, 3.05) is 11.9 Å². The van der Waals surface area contributed by atoms with Crippen molar-refractivity contribution in [3.8, 4) is 0 Å². The van der Waals surface area contributed by atoms with Gasteiger partial charge in [-0.1, -0.05) is 20.8 Å². The summed E-state index contributed by atoms with van der Waals surface area (Å²) in [4.78, 5) is 39.4. The Morgan fingerprint density at radius 1 is 1.05 bits per heavy atom. The van der Waals surface area contributed by atoms with Crippen LogP contribution in [0.4, 0.5) is 5.69 Å². The minimum absolute atomic E-state index is 0.0799. The minimum Gasteiger partial charge on any atom is -0.414 e. The topological polar surface area (TPSA) is 117 Å². The molecule has 0 unspecified atom stereocenters. The van der Waals surface area contributed by atoms with Gasteiger partial charge in [0.05, 0.1) is 35.8 Å². The number of carbonyl (C=O) groups excluding carboxylic acids is 2. The number of pyridine rings is 1. The number of aromatic nitrogens is 6. The van der Waals surface area contributed by atoms with Crippen LogP contribution in [-0.4, -0.2) is 55.9 Å². The smallest absolute Gasteiger partial charge is 0.246 e. The van der Waals surface area contributed by atoms with E-state index in [2.05, 4.69) is 73.1 Å². The second-order valence-electron chi connectivity index (χ2n) is 13.1. The van der Waals surface area contributed by atoms with E-state index in [0.717, 1.165) is 0 Å². The van der Waals surface area contributed by atoms with E-state index in [9.17, 15) is 9.59 Å². The number of fused-ring (bicyclic) bond motifs is 1. The summed E-state index contributed by atoms with van der Waals surface area (Å²) in [5, 5.41) is 7.87. The van der Waals surface area contributed by atoms with Gasteiger partial charge in [0.15, 0.2) is 14.1 Å². The Bertz CT molecular complexity index is 1590. The number of ketones is 1. The van der Waals surface area contributed by atoms with Gasteiger partial charge in [0.1, 0.15) is 18.5 Å². The molecule has 0 aliphatic heterocycles. The number of nitrogens with one attached hydrogen (secondary N) is 1. The molecule has 1 aliphatic rings. The highest BCUT2D eigenvalue weighted by molar-refractivity contribution is 6.74. The zero-order valence-corrected chi connectivity index (χ0v) is 25.9. The molecule has 0 atom stereocenters. The molecule has 1 saturated carbocycles. The van der Waals surface area contributed by atoms with Crippen LogP contribution in [0.25, 0.3) is 11.0 Å². The van der Waals surface area contributed by atoms with Crippen molar-refractivity contribution >= 4 is 36.7 Å². The van der Waals surface area contributed by atoms with Crippen LogP contribution in [0, 0.1) is 0 Å². The summed E-state index contributed by atoms with van der Waals surface area (Å²) in [6.45, 7) is 15.8. The molecule has 0 saturated heterocycles. The Hall–Kier alpha value is -3.70. The molecule has 0 radical (unpaired) electrons. The van der Waals surface area contributed by atoms with Gasteiger partial charge in [-0.3, -0.25) is 19.3 Å². The average molecular weight is 574 g/mol. The third-order valence-electron chi connectivity index (χ3n) is 8.25. The van der Waals surface area contributed by atoms with Crippen molar-refractivity contribution in [3.63, 3.8) is 0 Å². The summed E-state index contributed by atoms with van der Waals surface area (Å²) in [5.41, 5.74) is 2.63. The van der Waals surface area contributed by atoms with Gasteiger partial charge >= 0.3 is 0 Å². The lowest BCUT2D eigenvalue weighted by Crippen LogP contribution is -2.45. The van der Waals surface area contributed by atoms with E-state index < -0.39 is 13.9 Å². The third kappa shape index (κ3) is 6.15. The molecule has 1 fully saturated rings. The average Bonchev–Trinajstić information content (AvgIpc) is 3.53. The molecule has 4 aromatic heterocycles. The predicted molar refractivity (Wildman–Crippen MR) is 161 cm³/mol. The van der Waals surface area contributed by atoms with E-state index in [0.29, 0.717) is 40.4 Å². The standard InChI is InChI=1S/C30H39N7O3Si/c1-29(2,3)41(6,7)40-18-30(4,5)37-16-25(24-14-32-19-33-28(24)37)27(39)21-10-23(13-31-11-21)35-26(38)17-36-15-22(12-34-36)20-8-9-20/h10-16,19-20H,8-9,17-18H2,1-7H3,(H,35,38). The minimum atomic E-state index is -1.99. The monoisotopic (exact) mass is 573 g/mol. The molecule has 5 rings (SSSR count). The van der Waals surface area contributed by atoms with Crippen molar-refractivity contribution in [2.24, 2.45) is 0 Å². The fourth-order valence-electron chi connectivity index (χ4n) is 4.48. The van der Waals surface area contributed by atoms with Crippen LogP contribution in [0.2, 0.25) is 18.1 Å². The van der Waals surface area contributed by atoms with Gasteiger partial charge in [-0.05, 0) is 62.4 Å². The fraction of sp³-hybridized carbons (Fsp3) is 0.467. The summed E-state index contributed by atoms with van der Waals surface area (Å²) in [5.74, 6) is 0.107. The van der Waals surface area contributed by atoms with Crippen LogP contribution in [0.3, 0.4) is 0 Å². The molecule has 0 spiro atoms. The maximum atomic E-state index is 13.8. The zero-order chi connectivity index (χ0) is 29.6. The molecule has 1 amide bonds. The van der Waals surface area contributed by atoms with E-state index in [1.807, 2.05) is 23.2 Å². The van der Waals surface area contributed by atoms with Crippen LogP contribution >= 0.6 is 0 Å². The zero-order valence-electron chi connectivity index (χ0n) is 24.9. The Morgan fingerprint density at radius 3 is 2.51 bits per heavy atom. The van der Waals surface area contributed by atoms with Crippen molar-refractivity contribution in [1.82, 2.24) is 29.3 Å². The second kappa shape index (κ2) is 10.6. The predicted octanol–water partition coefficient (Wildman–Crippen LogP) is 5.53. The Kier molecular flexibility index (Phi) is 7.45. The highest BCUT2D eigenvalue weighted by atomic mass is 28.4. The quantitative estimate of drug-likeness (QED) is 0.196. The van der Waals surface area contributed by atoms with Crippen LogP contribution in [0.5, 0.6) is 0 Å². The fourth-order valence-corrected chi connectivity index (χ4v) is 5.63. The summed E-state index contributed by atoms with van der Waals surface area (Å²) in [7, 11) is -1.99. The van der Waals surface area contributed by atoms with E-state index in [4.69, 9.17) is 4.43 Å². The number of anilines is 1. The first-order valence-electron chi connectivity index (χ1n) is 14.0. The molecule has 11 heteroatoms. The largest absolute Gasteiger partial charge is 0.414 e. The van der Waals surface area contributed by atoms with Crippen LogP contribution in [0.15, 0.2) is 49.6 Å². The van der Waals surface area contributed by atoms with Gasteiger partial charge < -0.3 is 14.3 Å². The molecule has 0 bridgehead atoms. The number of hydrogen-bond donors (Lipinski definition) is 1. The van der Waals surface area contributed by atoms with Crippen LogP contribution in [-0.2, 0) is 21.3 Å². The number of rotatable bonds is 10. The number of nitrogens with zero attached hydrogens (tertiary/aromatic N) is 6. The van der Waals surface area contributed by atoms with Crippen molar-refractivity contribution < 1.29 is 14.0 Å². The molecule has 216 valence electrons. The lowest BCUT2D eigenvalue weighted by Gasteiger charge is -2.39. The summed E-state index contributed by atoms with van der Waals surface area (Å²) >= 11 is 0. The third-order valence-corrected chi connectivity index (χ3v) is 12.7. The Morgan fingerprint density at radius 2 is 1.80 bits per heavy atom. The molecule has 4 heterocycles. The molecule has 0 aromatic carbocycles. The maximum absolute atomic E-state index is 13.8. The molecule has 10 nitrogen and oxygen atoms in total. The molecule has 4 aromatic rings. The lowest BCUT2D eigenvalue weighted by molar-refractivity contribution is -0.116. The van der Waals surface area contributed by atoms with Crippen molar-refractivity contribution in [2.45, 2.75) is 83.6 Å². The SMILES string of the molecule is CC(C)(CO[Si](C)(C)C(C)(C)C)n1cc(C(=O)c2cncc(NC(=O)Cn3cc(C4CC4)cn3)c2)c2cncnc21. The van der Waals surface area contributed by atoms with Crippen LogP contribution < -0.4 is 5.32 Å². The second-order valence-corrected chi connectivity index (χ2v) is 17.9. The van der Waals surface area contributed by atoms with E-state index in [1.165, 1.54) is 37.1 Å². The maximum Gasteiger partial charge on any atom is 0.246 e. The van der Waals surface area contributed by atoms with Gasteiger partial charge in [0.25, 0.3) is 0 Å². The van der Waals surface area contributed by atoms with Gasteiger partial charge in [0, 0.05) is 35.7 Å². The first kappa shape index (κ1) is 28.8. The first-order chi connectivity index (χ1) is 19.2. The number of hydrogen-bond acceptors (Lipinski definition) is 7. The van der Waals surface area contributed by atoms with Gasteiger partial charge in [-0.2, -0.15) is 5.10 Å². The van der Waals surface area contributed by atoms with E-state index >= 15 is 0 Å². The van der Waals surface area contributed by atoms with Gasteiger partial charge in [-0.15, -0.1) is 0 Å². The summed E-state index contributed by atoms with van der Waals surface area (Å²) in [6.07, 6.45) is 14.1. The number of amides is 1. The molecule has 1 N–H and O–H groups in total. The molecule has 41 heavy (non-hydrogen) atoms. The van der Waals surface area contributed by atoms with Crippen molar-refractivity contribution in [3.05, 3.63) is 66.3 Å². The van der Waals surface area contributed by atoms with Gasteiger partial charge in [-0.25, -0.2) is 9.97 Å². The highest BCUT2D eigenvalue weighted by Gasteiger charge is 2.39. The normalized spacial score (nSPS) is 14.4. The Balaban J connectivity index is 1.36. The lowest BCUT2D eigenvalue weighted by atomic mass is 10.1. The van der Waals surface area contributed by atoms with Gasteiger partial charge in [0.2, 0.25) is 5.91 Å². The van der Waals surface area contributed by atoms with Crippen LogP contribution in [0.1, 0.15) is 74.9 Å². The highest BCUT2D eigenvalue weighted by Crippen LogP contribution is 2.40. The summed E-state index contributed by atoms with van der Waals surface area (Å²) in [6, 6.07) is 1.64. The van der Waals surface area contributed by atoms with E-state index in [-0.39, 0.29) is 23.3 Å². The molecular formula is C30H39N7O3Si. The number of carbonyl (C=O) groups is 2. The first-order valence-corrected chi connectivity index (χ1v) is 16.9. The Labute approximate surface area is 241 Å². The molecular weight excluding hydrogens is 534 g/mol.